The molecule has 0 N–H and O–H groups in total. The molecule has 1 spiro atoms. The lowest BCUT2D eigenvalue weighted by molar-refractivity contribution is 0.661. The Morgan fingerprint density at radius 2 is 0.718 bits per heavy atom. The molecular weight excluding hydrogens is 1020 g/mol. The second kappa shape index (κ2) is 24.8. The van der Waals surface area contributed by atoms with Crippen LogP contribution in [0, 0.1) is 0 Å². The molecule has 428 valence electrons. The van der Waals surface area contributed by atoms with Gasteiger partial charge in [-0.1, -0.05) is 269 Å². The number of fused-ring (bicyclic) bond motifs is 14. The summed E-state index contributed by atoms with van der Waals surface area (Å²) in [5.74, 6) is 0. The van der Waals surface area contributed by atoms with Crippen LogP contribution in [0.2, 0.25) is 0 Å². The summed E-state index contributed by atoms with van der Waals surface area (Å²) in [6.07, 6.45) is 24.8. The molecule has 3 aliphatic carbocycles. The maximum absolute atomic E-state index is 5.90. The van der Waals surface area contributed by atoms with Gasteiger partial charge in [0.05, 0.1) is 16.6 Å². The first-order valence-corrected chi connectivity index (χ1v) is 33.3. The highest BCUT2D eigenvalue weighted by atomic mass is 14.7. The van der Waals surface area contributed by atoms with Gasteiger partial charge in [0.25, 0.3) is 0 Å². The fourth-order valence-electron chi connectivity index (χ4n) is 15.6. The van der Waals surface area contributed by atoms with E-state index in [0.29, 0.717) is 0 Å². The summed E-state index contributed by atoms with van der Waals surface area (Å²) in [5, 5.41) is 1.22. The Morgan fingerprint density at radius 3 is 1.21 bits per heavy atom. The third kappa shape index (κ3) is 10.4. The summed E-state index contributed by atoms with van der Waals surface area (Å²) in [6.45, 7) is 11.8. The summed E-state index contributed by atoms with van der Waals surface area (Å²) >= 11 is 0. The highest BCUT2D eigenvalue weighted by molar-refractivity contribution is 6.04. The van der Waals surface area contributed by atoms with E-state index in [2.05, 4.69) is 229 Å². The van der Waals surface area contributed by atoms with Crippen molar-refractivity contribution in [1.82, 2.24) is 4.98 Å². The van der Waals surface area contributed by atoms with E-state index < -0.39 is 10.8 Å². The van der Waals surface area contributed by atoms with Crippen LogP contribution in [0.5, 0.6) is 0 Å². The van der Waals surface area contributed by atoms with Crippen LogP contribution < -0.4 is 0 Å². The quantitative estimate of drug-likeness (QED) is 0.0550. The highest BCUT2D eigenvalue weighted by Crippen LogP contribution is 2.63. The molecule has 0 saturated carbocycles. The summed E-state index contributed by atoms with van der Waals surface area (Å²) < 4.78 is 0. The van der Waals surface area contributed by atoms with Crippen LogP contribution >= 0.6 is 0 Å². The minimum Gasteiger partial charge on any atom is -0.248 e. The molecule has 1 atom stereocenters. The van der Waals surface area contributed by atoms with Gasteiger partial charge in [0.15, 0.2) is 0 Å². The zero-order valence-corrected chi connectivity index (χ0v) is 51.6. The second-order valence-electron chi connectivity index (χ2n) is 25.7. The summed E-state index contributed by atoms with van der Waals surface area (Å²) in [7, 11) is 0. The Bertz CT molecular complexity index is 3930. The topological polar surface area (TPSA) is 12.9 Å². The van der Waals surface area contributed by atoms with Crippen molar-refractivity contribution >= 4 is 10.9 Å². The van der Waals surface area contributed by atoms with Crippen LogP contribution in [0.1, 0.15) is 199 Å². The molecule has 9 aromatic carbocycles. The monoisotopic (exact) mass is 1110 g/mol. The van der Waals surface area contributed by atoms with Crippen molar-refractivity contribution in [3.63, 3.8) is 0 Å². The van der Waals surface area contributed by atoms with E-state index in [1.165, 1.54) is 225 Å². The van der Waals surface area contributed by atoms with E-state index in [9.17, 15) is 0 Å². The number of hydrogen-bond acceptors (Lipinski definition) is 1. The van der Waals surface area contributed by atoms with Crippen molar-refractivity contribution in [3.8, 4) is 66.9 Å². The molecule has 1 heterocycles. The third-order valence-corrected chi connectivity index (χ3v) is 20.0. The van der Waals surface area contributed by atoms with Gasteiger partial charge >= 0.3 is 0 Å². The molecule has 0 fully saturated rings. The van der Waals surface area contributed by atoms with Crippen molar-refractivity contribution in [1.29, 1.82) is 0 Å². The lowest BCUT2D eigenvalue weighted by atomic mass is 9.70. The number of pyridine rings is 1. The molecule has 1 aromatic heterocycles. The van der Waals surface area contributed by atoms with Gasteiger partial charge in [-0.25, -0.2) is 4.98 Å². The van der Waals surface area contributed by atoms with Gasteiger partial charge in [-0.2, -0.15) is 0 Å². The largest absolute Gasteiger partial charge is 0.248 e. The molecule has 0 aliphatic heterocycles. The van der Waals surface area contributed by atoms with Crippen LogP contribution in [-0.2, 0) is 36.5 Å². The Hall–Kier alpha value is -7.61. The average molecular weight is 1110 g/mol. The van der Waals surface area contributed by atoms with Gasteiger partial charge < -0.3 is 0 Å². The van der Waals surface area contributed by atoms with Crippen LogP contribution in [0.15, 0.2) is 194 Å². The standard InChI is InChI=1S/C84H87N/c1-6-10-14-19-31-58-47-59(32-20-15-11-7-2)50-64(49-58)62-43-45-70-71-46-44-63(54-79(71)83(5,78(70)53-62)66-35-23-18-24-36-66)81-56-72(65-51-60(33-21-16-12-8-3)48-61(52-65)34-22-17-13-9-4)74-55-80-73(57-82(74)85-81)69-39-27-30-42-77(69)84(80)75-40-28-25-37-67(75)68-38-26-29-41-76(68)84/h18,23-30,35-57H,6-17,19-22,31-34H2,1-5H3. The minimum atomic E-state index is -0.445. The molecule has 85 heavy (non-hydrogen) atoms. The van der Waals surface area contributed by atoms with Crippen molar-refractivity contribution in [3.05, 3.63) is 255 Å². The van der Waals surface area contributed by atoms with E-state index in [0.717, 1.165) is 42.5 Å². The number of aromatic nitrogens is 1. The Balaban J connectivity index is 0.989. The minimum absolute atomic E-state index is 0.399. The van der Waals surface area contributed by atoms with Crippen LogP contribution in [0.25, 0.3) is 77.8 Å². The third-order valence-electron chi connectivity index (χ3n) is 20.0. The SMILES string of the molecule is CCCCCCc1cc(CCCCCC)cc(-c2ccc3c(c2)C(C)(c2ccccc2)c2cc(-c4cc(-c5cc(CCCCCC)cc(CCCCCC)c5)c5cc6c(cc5n4)-c4ccccc4C64c5ccccc5-c5ccccc54)ccc2-3)c1. The number of hydrogen-bond donors (Lipinski definition) is 0. The van der Waals surface area contributed by atoms with Crippen LogP contribution in [0.4, 0.5) is 0 Å². The van der Waals surface area contributed by atoms with Crippen molar-refractivity contribution in [2.24, 2.45) is 0 Å². The van der Waals surface area contributed by atoms with Gasteiger partial charge in [0.1, 0.15) is 0 Å². The van der Waals surface area contributed by atoms with E-state index >= 15 is 0 Å². The first kappa shape index (κ1) is 56.5. The number of benzene rings is 9. The second-order valence-corrected chi connectivity index (χ2v) is 25.7. The molecule has 1 unspecified atom stereocenters. The van der Waals surface area contributed by atoms with E-state index in [-0.39, 0.29) is 0 Å². The summed E-state index contributed by atoms with van der Waals surface area (Å²) in [6, 6.07) is 76.5. The first-order chi connectivity index (χ1) is 41.8. The zero-order valence-electron chi connectivity index (χ0n) is 51.6. The van der Waals surface area contributed by atoms with Gasteiger partial charge in [-0.05, 0) is 205 Å². The molecular formula is C84H87N. The Kier molecular flexibility index (Phi) is 16.5. The van der Waals surface area contributed by atoms with Crippen molar-refractivity contribution in [2.75, 3.05) is 0 Å². The summed E-state index contributed by atoms with van der Waals surface area (Å²) in [5.41, 5.74) is 31.0. The smallest absolute Gasteiger partial charge is 0.0725 e. The molecule has 0 amide bonds. The van der Waals surface area contributed by atoms with E-state index in [1.807, 2.05) is 0 Å². The number of unbranched alkanes of at least 4 members (excludes halogenated alkanes) is 12. The van der Waals surface area contributed by atoms with E-state index in [4.69, 9.17) is 4.98 Å². The Morgan fingerprint density at radius 1 is 0.294 bits per heavy atom. The van der Waals surface area contributed by atoms with Gasteiger partial charge in [-0.3, -0.25) is 0 Å². The number of rotatable bonds is 24. The Labute approximate surface area is 509 Å². The molecule has 0 radical (unpaired) electrons. The fraction of sp³-hybridized carbons (Fsp3) is 0.321. The number of nitrogens with zero attached hydrogens (tertiary/aromatic N) is 1. The van der Waals surface area contributed by atoms with E-state index in [1.54, 1.807) is 0 Å². The van der Waals surface area contributed by atoms with Crippen molar-refractivity contribution in [2.45, 2.75) is 174 Å². The van der Waals surface area contributed by atoms with Gasteiger partial charge in [0, 0.05) is 16.4 Å². The molecule has 0 bridgehead atoms. The highest BCUT2D eigenvalue weighted by Gasteiger charge is 2.52. The lowest BCUT2D eigenvalue weighted by Gasteiger charge is -2.30. The molecule has 0 saturated heterocycles. The van der Waals surface area contributed by atoms with Crippen LogP contribution in [0.3, 0.4) is 0 Å². The predicted octanol–water partition coefficient (Wildman–Crippen LogP) is 23.4. The number of aryl methyl sites for hydroxylation is 4. The molecule has 10 aromatic rings. The van der Waals surface area contributed by atoms with Gasteiger partial charge in [-0.15, -0.1) is 0 Å². The normalized spacial score (nSPS) is 14.8. The molecule has 3 aliphatic rings. The maximum Gasteiger partial charge on any atom is 0.0725 e. The average Bonchev–Trinajstić information content (AvgIpc) is 1.65. The maximum atomic E-state index is 5.90. The summed E-state index contributed by atoms with van der Waals surface area (Å²) in [4.78, 5) is 5.90. The molecule has 1 heteroatoms. The lowest BCUT2D eigenvalue weighted by Crippen LogP contribution is -2.25. The van der Waals surface area contributed by atoms with Crippen LogP contribution in [-0.4, -0.2) is 4.98 Å². The molecule has 1 nitrogen and oxygen atoms in total. The zero-order chi connectivity index (χ0) is 57.9. The molecule has 13 rings (SSSR count). The first-order valence-electron chi connectivity index (χ1n) is 33.3. The van der Waals surface area contributed by atoms with Gasteiger partial charge in [0.2, 0.25) is 0 Å². The predicted molar refractivity (Wildman–Crippen MR) is 363 cm³/mol. The fourth-order valence-corrected chi connectivity index (χ4v) is 15.6. The van der Waals surface area contributed by atoms with Crippen molar-refractivity contribution < 1.29 is 0 Å².